The molecule has 9 heteroatoms. The van der Waals surface area contributed by atoms with Gasteiger partial charge in [-0.15, -0.1) is 0 Å². The molecule has 0 spiro atoms. The first-order valence-corrected chi connectivity index (χ1v) is 12.8. The molecule has 1 fully saturated rings. The zero-order valence-electron chi connectivity index (χ0n) is 22.0. The van der Waals surface area contributed by atoms with Crippen molar-refractivity contribution in [1.82, 2.24) is 30.3 Å². The van der Waals surface area contributed by atoms with Crippen LogP contribution in [0.4, 0.5) is 0 Å². The number of carbonyl (C=O) groups is 1. The van der Waals surface area contributed by atoms with Crippen LogP contribution >= 0.6 is 0 Å². The van der Waals surface area contributed by atoms with E-state index in [2.05, 4.69) is 25.3 Å². The molecule has 0 unspecified atom stereocenters. The van der Waals surface area contributed by atoms with Gasteiger partial charge in [-0.25, -0.2) is 4.98 Å². The van der Waals surface area contributed by atoms with Crippen molar-refractivity contribution in [2.45, 2.75) is 26.2 Å². The molecule has 0 atom stereocenters. The Hall–Kier alpha value is -3.95. The van der Waals surface area contributed by atoms with E-state index in [1.165, 1.54) is 0 Å². The average Bonchev–Trinajstić information content (AvgIpc) is 3.44. The van der Waals surface area contributed by atoms with E-state index in [-0.39, 0.29) is 5.91 Å². The van der Waals surface area contributed by atoms with Crippen LogP contribution in [0, 0.1) is 6.92 Å². The summed E-state index contributed by atoms with van der Waals surface area (Å²) in [5.74, 6) is 0.478. The first kappa shape index (κ1) is 25.7. The van der Waals surface area contributed by atoms with Crippen molar-refractivity contribution in [2.24, 2.45) is 0 Å². The van der Waals surface area contributed by atoms with Crippen LogP contribution in [0.25, 0.3) is 34.0 Å². The van der Waals surface area contributed by atoms with Crippen LogP contribution in [0.5, 0.6) is 0 Å². The van der Waals surface area contributed by atoms with Crippen LogP contribution in [0.15, 0.2) is 65.4 Å². The summed E-state index contributed by atoms with van der Waals surface area (Å²) in [5, 5.41) is 7.29. The van der Waals surface area contributed by atoms with Crippen LogP contribution < -0.4 is 5.32 Å². The van der Waals surface area contributed by atoms with Gasteiger partial charge in [-0.05, 0) is 32.9 Å². The topological polar surface area (TPSA) is 106 Å². The lowest BCUT2D eigenvalue weighted by molar-refractivity contribution is -0.125. The summed E-state index contributed by atoms with van der Waals surface area (Å²) in [6.45, 7) is 10.3. The predicted octanol–water partition coefficient (Wildman–Crippen LogP) is 3.90. The summed E-state index contributed by atoms with van der Waals surface area (Å²) in [4.78, 5) is 29.3. The smallest absolute Gasteiger partial charge is 0.231 e. The first-order chi connectivity index (χ1) is 18.4. The Morgan fingerprint density at radius 3 is 2.61 bits per heavy atom. The highest BCUT2D eigenvalue weighted by Gasteiger charge is 2.31. The normalized spacial score (nSPS) is 14.4. The molecule has 1 aliphatic heterocycles. The molecule has 0 bridgehead atoms. The Balaban J connectivity index is 1.33. The molecular weight excluding hydrogens is 480 g/mol. The van der Waals surface area contributed by atoms with Gasteiger partial charge in [0.05, 0.1) is 41.9 Å². The standard InChI is InChI=1S/C29H32N6O3/c1-20-27(25-18-23(34-38-25)21-7-5-4-6-8-21)33-24(19-32-20)22-9-10-30-26(17-22)29(2,3)28(36)31-11-12-35-13-15-37-16-14-35/h4-10,17-19H,11-16H2,1-3H3,(H,31,36). The Kier molecular flexibility index (Phi) is 7.57. The Morgan fingerprint density at radius 1 is 1.03 bits per heavy atom. The number of rotatable bonds is 8. The number of nitrogens with one attached hydrogen (secondary N) is 1. The number of pyridine rings is 1. The van der Waals surface area contributed by atoms with Gasteiger partial charge in [-0.3, -0.25) is 19.7 Å². The molecule has 38 heavy (non-hydrogen) atoms. The number of hydrogen-bond acceptors (Lipinski definition) is 8. The van der Waals surface area contributed by atoms with Crippen molar-refractivity contribution in [2.75, 3.05) is 39.4 Å². The fourth-order valence-corrected chi connectivity index (χ4v) is 4.37. The fraction of sp³-hybridized carbons (Fsp3) is 0.345. The Bertz CT molecular complexity index is 1400. The monoisotopic (exact) mass is 512 g/mol. The molecule has 3 aromatic heterocycles. The maximum absolute atomic E-state index is 13.1. The van der Waals surface area contributed by atoms with Gasteiger partial charge in [0.1, 0.15) is 11.4 Å². The van der Waals surface area contributed by atoms with Gasteiger partial charge in [0.25, 0.3) is 0 Å². The summed E-state index contributed by atoms with van der Waals surface area (Å²) in [5.41, 5.74) is 4.38. The lowest BCUT2D eigenvalue weighted by Crippen LogP contribution is -2.45. The van der Waals surface area contributed by atoms with E-state index < -0.39 is 5.41 Å². The molecule has 4 heterocycles. The number of nitrogens with zero attached hydrogens (tertiary/aromatic N) is 5. The molecule has 1 N–H and O–H groups in total. The van der Waals surface area contributed by atoms with Crippen molar-refractivity contribution in [3.8, 4) is 34.0 Å². The third-order valence-electron chi connectivity index (χ3n) is 6.85. The third kappa shape index (κ3) is 5.64. The van der Waals surface area contributed by atoms with Crippen molar-refractivity contribution in [1.29, 1.82) is 0 Å². The molecular formula is C29H32N6O3. The number of morpholine rings is 1. The van der Waals surface area contributed by atoms with Gasteiger partial charge < -0.3 is 14.6 Å². The van der Waals surface area contributed by atoms with Crippen LogP contribution in [0.1, 0.15) is 25.2 Å². The van der Waals surface area contributed by atoms with E-state index >= 15 is 0 Å². The van der Waals surface area contributed by atoms with Crippen molar-refractivity contribution >= 4 is 5.91 Å². The average molecular weight is 513 g/mol. The molecule has 1 aromatic carbocycles. The summed E-state index contributed by atoms with van der Waals surface area (Å²) >= 11 is 0. The second-order valence-electron chi connectivity index (χ2n) is 9.90. The molecule has 1 aliphatic rings. The van der Waals surface area contributed by atoms with E-state index in [9.17, 15) is 4.79 Å². The highest BCUT2D eigenvalue weighted by atomic mass is 16.5. The highest BCUT2D eigenvalue weighted by molar-refractivity contribution is 5.87. The number of amides is 1. The van der Waals surface area contributed by atoms with Crippen LogP contribution in [-0.4, -0.2) is 70.3 Å². The van der Waals surface area contributed by atoms with Gasteiger partial charge in [-0.1, -0.05) is 35.5 Å². The van der Waals surface area contributed by atoms with Gasteiger partial charge in [0.2, 0.25) is 5.91 Å². The van der Waals surface area contributed by atoms with Crippen molar-refractivity contribution < 1.29 is 14.1 Å². The number of aryl methyl sites for hydroxylation is 1. The van der Waals surface area contributed by atoms with Gasteiger partial charge >= 0.3 is 0 Å². The minimum atomic E-state index is -0.822. The number of ether oxygens (including phenoxy) is 1. The number of aromatic nitrogens is 4. The first-order valence-electron chi connectivity index (χ1n) is 12.8. The maximum Gasteiger partial charge on any atom is 0.231 e. The quantitative estimate of drug-likeness (QED) is 0.379. The molecule has 9 nitrogen and oxygen atoms in total. The molecule has 4 aromatic rings. The zero-order chi connectivity index (χ0) is 26.5. The minimum Gasteiger partial charge on any atom is -0.379 e. The highest BCUT2D eigenvalue weighted by Crippen LogP contribution is 2.30. The second-order valence-corrected chi connectivity index (χ2v) is 9.90. The summed E-state index contributed by atoms with van der Waals surface area (Å²) < 4.78 is 11.0. The molecule has 196 valence electrons. The van der Waals surface area contributed by atoms with E-state index in [1.54, 1.807) is 12.4 Å². The number of carbonyl (C=O) groups excluding carboxylic acids is 1. The lowest BCUT2D eigenvalue weighted by Gasteiger charge is -2.28. The molecule has 5 rings (SSSR count). The molecule has 1 amide bonds. The zero-order valence-corrected chi connectivity index (χ0v) is 22.0. The van der Waals surface area contributed by atoms with Crippen LogP contribution in [0.3, 0.4) is 0 Å². The number of benzene rings is 1. The van der Waals surface area contributed by atoms with Crippen LogP contribution in [0.2, 0.25) is 0 Å². The van der Waals surface area contributed by atoms with E-state index in [0.717, 1.165) is 55.4 Å². The molecule has 0 radical (unpaired) electrons. The number of hydrogen-bond donors (Lipinski definition) is 1. The van der Waals surface area contributed by atoms with E-state index in [0.29, 0.717) is 29.4 Å². The van der Waals surface area contributed by atoms with Crippen molar-refractivity contribution in [3.05, 3.63) is 72.3 Å². The van der Waals surface area contributed by atoms with E-state index in [4.69, 9.17) is 14.2 Å². The van der Waals surface area contributed by atoms with Gasteiger partial charge in [0, 0.05) is 49.6 Å². The molecule has 0 saturated carbocycles. The molecule has 0 aliphatic carbocycles. The maximum atomic E-state index is 13.1. The van der Waals surface area contributed by atoms with Gasteiger partial charge in [-0.2, -0.15) is 0 Å². The fourth-order valence-electron chi connectivity index (χ4n) is 4.37. The van der Waals surface area contributed by atoms with Gasteiger partial charge in [0.15, 0.2) is 5.76 Å². The minimum absolute atomic E-state index is 0.0683. The third-order valence-corrected chi connectivity index (χ3v) is 6.85. The van der Waals surface area contributed by atoms with E-state index in [1.807, 2.05) is 69.3 Å². The lowest BCUT2D eigenvalue weighted by atomic mass is 9.86. The largest absolute Gasteiger partial charge is 0.379 e. The Labute approximate surface area is 222 Å². The van der Waals surface area contributed by atoms with Crippen LogP contribution in [-0.2, 0) is 14.9 Å². The predicted molar refractivity (Wildman–Crippen MR) is 144 cm³/mol. The summed E-state index contributed by atoms with van der Waals surface area (Å²) in [6, 6.07) is 15.5. The summed E-state index contributed by atoms with van der Waals surface area (Å²) in [7, 11) is 0. The Morgan fingerprint density at radius 2 is 1.82 bits per heavy atom. The molecule has 1 saturated heterocycles. The van der Waals surface area contributed by atoms with Crippen molar-refractivity contribution in [3.63, 3.8) is 0 Å². The second kappa shape index (κ2) is 11.2. The SMILES string of the molecule is Cc1ncc(-c2ccnc(C(C)(C)C(=O)NCCN3CCOCC3)c2)nc1-c1cc(-c2ccccc2)no1. The summed E-state index contributed by atoms with van der Waals surface area (Å²) in [6.07, 6.45) is 3.43.